The highest BCUT2D eigenvalue weighted by Crippen LogP contribution is 2.11. The molecule has 0 heterocycles. The summed E-state index contributed by atoms with van der Waals surface area (Å²) in [5.41, 5.74) is 1.01. The molecule has 0 saturated heterocycles. The van der Waals surface area contributed by atoms with E-state index >= 15 is 0 Å². The lowest BCUT2D eigenvalue weighted by atomic mass is 10.1. The summed E-state index contributed by atoms with van der Waals surface area (Å²) in [6.45, 7) is 1.96. The van der Waals surface area contributed by atoms with Crippen molar-refractivity contribution >= 4 is 0 Å². The van der Waals surface area contributed by atoms with Crippen molar-refractivity contribution in [3.05, 3.63) is 47.4 Å². The average Bonchev–Trinajstić information content (AvgIpc) is 2.19. The summed E-state index contributed by atoms with van der Waals surface area (Å²) in [6.07, 6.45) is 1.79. The van der Waals surface area contributed by atoms with Crippen LogP contribution in [-0.2, 0) is 6.42 Å². The number of rotatable bonds is 4. The van der Waals surface area contributed by atoms with Gasteiger partial charge in [0.25, 0.3) is 0 Å². The Morgan fingerprint density at radius 2 is 1.71 bits per heavy atom. The lowest BCUT2D eigenvalue weighted by Gasteiger charge is -2.03. The van der Waals surface area contributed by atoms with Crippen molar-refractivity contribution < 1.29 is 10.2 Å². The van der Waals surface area contributed by atoms with Crippen molar-refractivity contribution in [3.63, 3.8) is 0 Å². The topological polar surface area (TPSA) is 40.5 Å². The van der Waals surface area contributed by atoms with E-state index in [0.717, 1.165) is 12.0 Å². The zero-order chi connectivity index (χ0) is 10.4. The molecule has 2 heteroatoms. The summed E-state index contributed by atoms with van der Waals surface area (Å²) in [5.74, 6) is 0.189. The number of allylic oxidation sites excluding steroid dienone is 2. The van der Waals surface area contributed by atoms with E-state index in [-0.39, 0.29) is 11.5 Å². The molecule has 0 fully saturated rings. The Bertz CT molecular complexity index is 301. The Labute approximate surface area is 84.5 Å². The van der Waals surface area contributed by atoms with Crippen molar-refractivity contribution in [1.29, 1.82) is 0 Å². The van der Waals surface area contributed by atoms with Gasteiger partial charge < -0.3 is 10.2 Å². The van der Waals surface area contributed by atoms with Crippen LogP contribution in [0, 0.1) is 0 Å². The number of hydrogen-bond donors (Lipinski definition) is 2. The van der Waals surface area contributed by atoms with Crippen LogP contribution in [0.15, 0.2) is 41.9 Å². The van der Waals surface area contributed by atoms with Gasteiger partial charge in [0.05, 0.1) is 0 Å². The predicted molar refractivity (Wildman–Crippen MR) is 57.3 cm³/mol. The molecule has 0 saturated carbocycles. The summed E-state index contributed by atoms with van der Waals surface area (Å²) in [6, 6.07) is 9.61. The second-order valence-electron chi connectivity index (χ2n) is 3.31. The minimum atomic E-state index is 0.0815. The largest absolute Gasteiger partial charge is 0.509 e. The van der Waals surface area contributed by atoms with E-state index in [1.807, 2.05) is 37.3 Å². The Morgan fingerprint density at radius 3 is 2.29 bits per heavy atom. The van der Waals surface area contributed by atoms with Gasteiger partial charge in [-0.05, 0) is 12.0 Å². The van der Waals surface area contributed by atoms with E-state index in [9.17, 15) is 10.2 Å². The fourth-order valence-electron chi connectivity index (χ4n) is 1.27. The van der Waals surface area contributed by atoms with Crippen LogP contribution in [-0.4, -0.2) is 10.2 Å². The quantitative estimate of drug-likeness (QED) is 0.718. The molecular weight excluding hydrogens is 176 g/mol. The fraction of sp³-hybridized carbons (Fsp3) is 0.333. The third-order valence-electron chi connectivity index (χ3n) is 2.03. The molecule has 0 atom stereocenters. The predicted octanol–water partition coefficient (Wildman–Crippen LogP) is 3.36. The average molecular weight is 192 g/mol. The molecule has 1 aromatic rings. The zero-order valence-electron chi connectivity index (χ0n) is 8.40. The molecule has 2 N–H and O–H groups in total. The second kappa shape index (κ2) is 5.32. The standard InChI is InChI=1S/C12H16O2/c1-2-6-11(13)12(14)9-10-7-4-3-5-8-10/h3-5,7-8,13-14H,2,6,9H2,1H3. The molecule has 0 unspecified atom stereocenters. The fourth-order valence-corrected chi connectivity index (χ4v) is 1.27. The number of benzene rings is 1. The second-order valence-corrected chi connectivity index (χ2v) is 3.31. The number of hydrogen-bond acceptors (Lipinski definition) is 2. The highest BCUT2D eigenvalue weighted by molar-refractivity contribution is 5.20. The summed E-state index contributed by atoms with van der Waals surface area (Å²) in [7, 11) is 0. The monoisotopic (exact) mass is 192 g/mol. The molecule has 14 heavy (non-hydrogen) atoms. The Morgan fingerprint density at radius 1 is 1.07 bits per heavy atom. The summed E-state index contributed by atoms with van der Waals surface area (Å²) < 4.78 is 0. The molecule has 0 amide bonds. The van der Waals surface area contributed by atoms with Crippen molar-refractivity contribution in [2.24, 2.45) is 0 Å². The first-order valence-corrected chi connectivity index (χ1v) is 4.88. The molecule has 76 valence electrons. The maximum Gasteiger partial charge on any atom is 0.134 e. The Balaban J connectivity index is 2.65. The molecule has 0 aliphatic carbocycles. The van der Waals surface area contributed by atoms with Crippen molar-refractivity contribution in [2.45, 2.75) is 26.2 Å². The first-order valence-electron chi connectivity index (χ1n) is 4.88. The van der Waals surface area contributed by atoms with Crippen LogP contribution >= 0.6 is 0 Å². The van der Waals surface area contributed by atoms with Gasteiger partial charge in [-0.15, -0.1) is 0 Å². The van der Waals surface area contributed by atoms with Crippen molar-refractivity contribution in [2.75, 3.05) is 0 Å². The van der Waals surface area contributed by atoms with Gasteiger partial charge in [-0.25, -0.2) is 0 Å². The van der Waals surface area contributed by atoms with Gasteiger partial charge in [0, 0.05) is 12.8 Å². The van der Waals surface area contributed by atoms with Gasteiger partial charge in [-0.2, -0.15) is 0 Å². The molecule has 1 aromatic carbocycles. The van der Waals surface area contributed by atoms with Crippen LogP contribution in [0.3, 0.4) is 0 Å². The Hall–Kier alpha value is -1.44. The summed E-state index contributed by atoms with van der Waals surface area (Å²) in [4.78, 5) is 0. The molecule has 0 aliphatic heterocycles. The van der Waals surface area contributed by atoms with Crippen molar-refractivity contribution in [1.82, 2.24) is 0 Å². The minimum Gasteiger partial charge on any atom is -0.509 e. The van der Waals surface area contributed by atoms with E-state index in [4.69, 9.17) is 0 Å². The lowest BCUT2D eigenvalue weighted by molar-refractivity contribution is 0.303. The smallest absolute Gasteiger partial charge is 0.134 e. The maximum atomic E-state index is 9.53. The molecule has 1 rings (SSSR count). The summed E-state index contributed by atoms with van der Waals surface area (Å²) in [5, 5.41) is 18.9. The van der Waals surface area contributed by atoms with Crippen LogP contribution in [0.5, 0.6) is 0 Å². The molecule has 0 spiro atoms. The van der Waals surface area contributed by atoms with Crippen LogP contribution in [0.4, 0.5) is 0 Å². The third kappa shape index (κ3) is 3.13. The molecule has 0 aliphatic rings. The highest BCUT2D eigenvalue weighted by Gasteiger charge is 2.03. The van der Waals surface area contributed by atoms with E-state index in [1.54, 1.807) is 0 Å². The summed E-state index contributed by atoms with van der Waals surface area (Å²) >= 11 is 0. The van der Waals surface area contributed by atoms with Gasteiger partial charge >= 0.3 is 0 Å². The van der Waals surface area contributed by atoms with Crippen LogP contribution in [0.25, 0.3) is 0 Å². The first-order chi connectivity index (χ1) is 6.74. The SMILES string of the molecule is CCCC(O)=C(O)Cc1ccccc1. The van der Waals surface area contributed by atoms with Gasteiger partial charge in [0.2, 0.25) is 0 Å². The molecule has 0 radical (unpaired) electrons. The third-order valence-corrected chi connectivity index (χ3v) is 2.03. The Kier molecular flexibility index (Phi) is 4.05. The van der Waals surface area contributed by atoms with E-state index < -0.39 is 0 Å². The number of aliphatic hydroxyl groups excluding tert-OH is 2. The highest BCUT2D eigenvalue weighted by atomic mass is 16.3. The normalized spacial score (nSPS) is 12.4. The molecule has 0 aromatic heterocycles. The molecule has 0 bridgehead atoms. The van der Waals surface area contributed by atoms with Gasteiger partial charge in [0.15, 0.2) is 0 Å². The van der Waals surface area contributed by atoms with E-state index in [0.29, 0.717) is 12.8 Å². The van der Waals surface area contributed by atoms with Gasteiger partial charge in [-0.1, -0.05) is 37.3 Å². The van der Waals surface area contributed by atoms with Gasteiger partial charge in [0.1, 0.15) is 11.5 Å². The van der Waals surface area contributed by atoms with Gasteiger partial charge in [-0.3, -0.25) is 0 Å². The van der Waals surface area contributed by atoms with Crippen LogP contribution in [0.1, 0.15) is 25.3 Å². The first kappa shape index (κ1) is 10.6. The van der Waals surface area contributed by atoms with Crippen LogP contribution in [0.2, 0.25) is 0 Å². The molecule has 2 nitrogen and oxygen atoms in total. The maximum absolute atomic E-state index is 9.53. The van der Waals surface area contributed by atoms with E-state index in [1.165, 1.54) is 0 Å². The van der Waals surface area contributed by atoms with E-state index in [2.05, 4.69) is 0 Å². The number of aliphatic hydroxyl groups is 2. The minimum absolute atomic E-state index is 0.0815. The van der Waals surface area contributed by atoms with Crippen molar-refractivity contribution in [3.8, 4) is 0 Å². The zero-order valence-corrected chi connectivity index (χ0v) is 8.40. The molecular formula is C12H16O2. The van der Waals surface area contributed by atoms with Crippen LogP contribution < -0.4 is 0 Å². The lowest BCUT2D eigenvalue weighted by Crippen LogP contribution is -1.95.